The van der Waals surface area contributed by atoms with Gasteiger partial charge in [-0.25, -0.2) is 9.97 Å². The zero-order chi connectivity index (χ0) is 16.1. The van der Waals surface area contributed by atoms with E-state index >= 15 is 0 Å². The second kappa shape index (κ2) is 8.80. The number of nitrogens with zero attached hydrogens (tertiary/aromatic N) is 2. The van der Waals surface area contributed by atoms with Crippen LogP contribution in [0.5, 0.6) is 11.5 Å². The summed E-state index contributed by atoms with van der Waals surface area (Å²) in [6.07, 6.45) is 4.83. The minimum Gasteiger partial charge on any atom is -0.497 e. The van der Waals surface area contributed by atoms with Gasteiger partial charge in [-0.1, -0.05) is 0 Å². The van der Waals surface area contributed by atoms with Crippen molar-refractivity contribution in [1.29, 1.82) is 0 Å². The number of ether oxygens (including phenoxy) is 2. The van der Waals surface area contributed by atoms with E-state index in [1.165, 1.54) is 0 Å². The van der Waals surface area contributed by atoms with Crippen LogP contribution in [0, 0.1) is 0 Å². The van der Waals surface area contributed by atoms with Gasteiger partial charge in [0.1, 0.15) is 17.3 Å². The molecule has 5 nitrogen and oxygen atoms in total. The molecule has 0 amide bonds. The van der Waals surface area contributed by atoms with Crippen LogP contribution in [0.4, 0.5) is 0 Å². The Morgan fingerprint density at radius 1 is 1.25 bits per heavy atom. The molecule has 24 heavy (non-hydrogen) atoms. The molecule has 0 aliphatic rings. The van der Waals surface area contributed by atoms with Crippen molar-refractivity contribution < 1.29 is 9.47 Å². The van der Waals surface area contributed by atoms with E-state index in [0.29, 0.717) is 12.3 Å². The van der Waals surface area contributed by atoms with E-state index in [1.54, 1.807) is 13.3 Å². The summed E-state index contributed by atoms with van der Waals surface area (Å²) in [7, 11) is 1.65. The first-order chi connectivity index (χ1) is 11.3. The Bertz CT molecular complexity index is 761. The van der Waals surface area contributed by atoms with E-state index < -0.39 is 0 Å². The normalized spacial score (nSPS) is 10.4. The Morgan fingerprint density at radius 3 is 2.88 bits per heavy atom. The van der Waals surface area contributed by atoms with Gasteiger partial charge < -0.3 is 14.5 Å². The van der Waals surface area contributed by atoms with Gasteiger partial charge in [0.2, 0.25) is 0 Å². The molecule has 2 heterocycles. The van der Waals surface area contributed by atoms with E-state index in [1.807, 2.05) is 42.1 Å². The molecule has 0 atom stereocenters. The lowest BCUT2D eigenvalue weighted by atomic mass is 10.2. The van der Waals surface area contributed by atoms with Crippen LogP contribution < -0.4 is 9.47 Å². The van der Waals surface area contributed by atoms with E-state index in [4.69, 9.17) is 9.47 Å². The number of pyridine rings is 1. The third-order valence-electron chi connectivity index (χ3n) is 3.45. The van der Waals surface area contributed by atoms with Crippen LogP contribution in [-0.4, -0.2) is 40.7 Å². The minimum atomic E-state index is 0. The fraction of sp³-hybridized carbons (Fsp3) is 0.294. The number of hydrogen-bond donors (Lipinski definition) is 1. The lowest BCUT2D eigenvalue weighted by Gasteiger charge is -2.11. The van der Waals surface area contributed by atoms with Gasteiger partial charge in [-0.2, -0.15) is 11.8 Å². The molecule has 0 spiro atoms. The van der Waals surface area contributed by atoms with Gasteiger partial charge in [0.05, 0.1) is 24.8 Å². The molecular weight excluding hydrogens is 346 g/mol. The van der Waals surface area contributed by atoms with Crippen molar-refractivity contribution in [2.45, 2.75) is 6.42 Å². The molecule has 2 aromatic heterocycles. The van der Waals surface area contributed by atoms with Gasteiger partial charge in [0, 0.05) is 12.3 Å². The van der Waals surface area contributed by atoms with Crippen LogP contribution in [0.3, 0.4) is 0 Å². The third-order valence-corrected chi connectivity index (χ3v) is 4.15. The van der Waals surface area contributed by atoms with Crippen LogP contribution in [0.15, 0.2) is 36.5 Å². The van der Waals surface area contributed by atoms with Gasteiger partial charge in [-0.05, 0) is 42.7 Å². The molecule has 7 heteroatoms. The number of hydrogen-bond acceptors (Lipinski definition) is 5. The number of halogens is 1. The van der Waals surface area contributed by atoms with Crippen molar-refractivity contribution >= 4 is 35.3 Å². The summed E-state index contributed by atoms with van der Waals surface area (Å²) in [5.74, 6) is 3.36. The molecule has 0 saturated heterocycles. The summed E-state index contributed by atoms with van der Waals surface area (Å²) in [4.78, 5) is 12.1. The molecule has 0 fully saturated rings. The smallest absolute Gasteiger partial charge is 0.178 e. The average Bonchev–Trinajstić information content (AvgIpc) is 3.02. The quantitative estimate of drug-likeness (QED) is 0.636. The van der Waals surface area contributed by atoms with E-state index in [2.05, 4.69) is 21.2 Å². The van der Waals surface area contributed by atoms with Crippen LogP contribution >= 0.6 is 24.2 Å². The Labute approximate surface area is 151 Å². The van der Waals surface area contributed by atoms with E-state index in [9.17, 15) is 0 Å². The van der Waals surface area contributed by atoms with Crippen LogP contribution in [0.2, 0.25) is 0 Å². The number of nitrogens with one attached hydrogen (secondary N) is 1. The van der Waals surface area contributed by atoms with E-state index in [0.717, 1.165) is 40.6 Å². The number of methoxy groups -OCH3 is 1. The monoisotopic (exact) mass is 365 g/mol. The zero-order valence-corrected chi connectivity index (χ0v) is 15.2. The molecule has 3 aromatic rings. The number of thioether (sulfide) groups is 1. The van der Waals surface area contributed by atoms with Crippen molar-refractivity contribution in [2.75, 3.05) is 25.7 Å². The highest BCUT2D eigenvalue weighted by Gasteiger charge is 2.13. The SMILES string of the molecule is COc1ccc(-c2nc3ncccc3[nH]2)c(OCCCSC)c1.Cl. The number of benzene rings is 1. The van der Waals surface area contributed by atoms with Crippen LogP contribution in [0.1, 0.15) is 6.42 Å². The molecular formula is C17H20ClN3O2S. The van der Waals surface area contributed by atoms with Gasteiger partial charge in [-0.15, -0.1) is 12.4 Å². The van der Waals surface area contributed by atoms with Crippen molar-refractivity contribution in [3.05, 3.63) is 36.5 Å². The van der Waals surface area contributed by atoms with Crippen LogP contribution in [-0.2, 0) is 0 Å². The minimum absolute atomic E-state index is 0. The molecule has 128 valence electrons. The fourth-order valence-electron chi connectivity index (χ4n) is 2.30. The largest absolute Gasteiger partial charge is 0.497 e. The first-order valence-corrected chi connectivity index (χ1v) is 8.82. The maximum absolute atomic E-state index is 5.96. The highest BCUT2D eigenvalue weighted by molar-refractivity contribution is 7.98. The van der Waals surface area contributed by atoms with Gasteiger partial charge >= 0.3 is 0 Å². The molecule has 0 bridgehead atoms. The maximum atomic E-state index is 5.96. The van der Waals surface area contributed by atoms with Crippen molar-refractivity contribution in [3.63, 3.8) is 0 Å². The zero-order valence-electron chi connectivity index (χ0n) is 13.6. The first kappa shape index (κ1) is 18.4. The van der Waals surface area contributed by atoms with Gasteiger partial charge in [0.25, 0.3) is 0 Å². The molecule has 0 saturated carbocycles. The molecule has 3 rings (SSSR count). The second-order valence-electron chi connectivity index (χ2n) is 5.02. The highest BCUT2D eigenvalue weighted by atomic mass is 35.5. The second-order valence-corrected chi connectivity index (χ2v) is 6.00. The lowest BCUT2D eigenvalue weighted by Crippen LogP contribution is -2.01. The van der Waals surface area contributed by atoms with Crippen molar-refractivity contribution in [3.8, 4) is 22.9 Å². The summed E-state index contributed by atoms with van der Waals surface area (Å²) in [5, 5.41) is 0. The number of fused-ring (bicyclic) bond motifs is 1. The number of aromatic nitrogens is 3. The van der Waals surface area contributed by atoms with Gasteiger partial charge in [-0.3, -0.25) is 0 Å². The molecule has 1 aromatic carbocycles. The summed E-state index contributed by atoms with van der Waals surface area (Å²) < 4.78 is 11.3. The van der Waals surface area contributed by atoms with Crippen molar-refractivity contribution in [1.82, 2.24) is 15.0 Å². The van der Waals surface area contributed by atoms with Crippen molar-refractivity contribution in [2.24, 2.45) is 0 Å². The standard InChI is InChI=1S/C17H19N3O2S.ClH/c1-21-12-6-7-13(15(11-12)22-9-4-10-23-2)16-19-14-5-3-8-18-17(14)20-16;/h3,5-8,11H,4,9-10H2,1-2H3,(H,18,19,20);1H. The Balaban J connectivity index is 0.00000208. The average molecular weight is 366 g/mol. The predicted molar refractivity (Wildman–Crippen MR) is 102 cm³/mol. The summed E-state index contributed by atoms with van der Waals surface area (Å²) in [6.45, 7) is 0.666. The molecule has 1 N–H and O–H groups in total. The molecule has 0 aliphatic carbocycles. The molecule has 0 radical (unpaired) electrons. The fourth-order valence-corrected chi connectivity index (χ4v) is 2.71. The summed E-state index contributed by atoms with van der Waals surface area (Å²) >= 11 is 1.82. The first-order valence-electron chi connectivity index (χ1n) is 7.42. The Kier molecular flexibility index (Phi) is 6.75. The number of H-pyrrole nitrogens is 1. The molecule has 0 aliphatic heterocycles. The third kappa shape index (κ3) is 4.13. The summed E-state index contributed by atoms with van der Waals surface area (Å²) in [6, 6.07) is 9.61. The lowest BCUT2D eigenvalue weighted by molar-refractivity contribution is 0.317. The maximum Gasteiger partial charge on any atom is 0.178 e. The number of rotatable bonds is 7. The Hall–Kier alpha value is -1.92. The predicted octanol–water partition coefficient (Wildman–Crippen LogP) is 4.19. The number of aromatic amines is 1. The van der Waals surface area contributed by atoms with Gasteiger partial charge in [0.15, 0.2) is 5.65 Å². The van der Waals surface area contributed by atoms with Crippen LogP contribution in [0.25, 0.3) is 22.6 Å². The summed E-state index contributed by atoms with van der Waals surface area (Å²) in [5.41, 5.74) is 2.52. The Morgan fingerprint density at radius 2 is 2.12 bits per heavy atom. The van der Waals surface area contributed by atoms with E-state index in [-0.39, 0.29) is 12.4 Å². The number of imidazole rings is 1. The highest BCUT2D eigenvalue weighted by Crippen LogP contribution is 2.32. The topological polar surface area (TPSA) is 60.0 Å². The molecule has 0 unspecified atom stereocenters.